The molecule has 0 saturated heterocycles. The molecule has 98 valence electrons. The van der Waals surface area contributed by atoms with E-state index >= 15 is 0 Å². The fourth-order valence-electron chi connectivity index (χ4n) is 1.54. The minimum atomic E-state index is -0.475. The summed E-state index contributed by atoms with van der Waals surface area (Å²) in [6, 6.07) is 11.2. The van der Waals surface area contributed by atoms with Crippen LogP contribution in [0.1, 0.15) is 15.9 Å². The van der Waals surface area contributed by atoms with Crippen LogP contribution in [0.4, 0.5) is 5.82 Å². The summed E-state index contributed by atoms with van der Waals surface area (Å²) in [5, 5.41) is 0. The predicted octanol–water partition coefficient (Wildman–Crippen LogP) is 2.03. The van der Waals surface area contributed by atoms with Gasteiger partial charge in [0.25, 0.3) is 0 Å². The van der Waals surface area contributed by atoms with Crippen LogP contribution < -0.4 is 10.5 Å². The maximum atomic E-state index is 11.4. The summed E-state index contributed by atoms with van der Waals surface area (Å²) < 4.78 is 10.2. The van der Waals surface area contributed by atoms with E-state index in [-0.39, 0.29) is 5.82 Å². The van der Waals surface area contributed by atoms with Crippen LogP contribution in [0.2, 0.25) is 0 Å². The van der Waals surface area contributed by atoms with Crippen LogP contribution in [-0.2, 0) is 11.3 Å². The summed E-state index contributed by atoms with van der Waals surface area (Å²) in [7, 11) is 1.31. The van der Waals surface area contributed by atoms with Crippen molar-refractivity contribution in [1.82, 2.24) is 4.98 Å². The second-order valence-corrected chi connectivity index (χ2v) is 3.87. The Bertz CT molecular complexity index is 570. The number of anilines is 1. The van der Waals surface area contributed by atoms with Crippen molar-refractivity contribution >= 4 is 11.8 Å². The highest BCUT2D eigenvalue weighted by Gasteiger charge is 2.10. The fourth-order valence-corrected chi connectivity index (χ4v) is 1.54. The first-order chi connectivity index (χ1) is 9.20. The summed E-state index contributed by atoms with van der Waals surface area (Å²) in [5.74, 6) is 0.132. The second-order valence-electron chi connectivity index (χ2n) is 3.87. The van der Waals surface area contributed by atoms with Crippen molar-refractivity contribution in [3.05, 3.63) is 53.7 Å². The van der Waals surface area contributed by atoms with E-state index in [1.54, 1.807) is 0 Å². The van der Waals surface area contributed by atoms with Crippen LogP contribution in [-0.4, -0.2) is 18.1 Å². The van der Waals surface area contributed by atoms with E-state index in [0.717, 1.165) is 5.56 Å². The van der Waals surface area contributed by atoms with Crippen molar-refractivity contribution in [2.75, 3.05) is 12.8 Å². The van der Waals surface area contributed by atoms with Crippen molar-refractivity contribution in [2.24, 2.45) is 0 Å². The molecule has 0 amide bonds. The summed E-state index contributed by atoms with van der Waals surface area (Å²) >= 11 is 0. The van der Waals surface area contributed by atoms with E-state index in [0.29, 0.717) is 17.9 Å². The molecule has 2 N–H and O–H groups in total. The number of carbonyl (C=O) groups is 1. The first-order valence-corrected chi connectivity index (χ1v) is 5.71. The molecule has 0 aliphatic carbocycles. The number of hydrogen-bond donors (Lipinski definition) is 1. The second kappa shape index (κ2) is 5.86. The lowest BCUT2D eigenvalue weighted by atomic mass is 10.2. The maximum absolute atomic E-state index is 11.4. The summed E-state index contributed by atoms with van der Waals surface area (Å²) in [6.45, 7) is 0.358. The molecule has 5 nitrogen and oxygen atoms in total. The van der Waals surface area contributed by atoms with Gasteiger partial charge in [-0.1, -0.05) is 30.3 Å². The minimum absolute atomic E-state index is 0.239. The Morgan fingerprint density at radius 1 is 1.32 bits per heavy atom. The van der Waals surface area contributed by atoms with Crippen LogP contribution in [0.3, 0.4) is 0 Å². The van der Waals surface area contributed by atoms with Gasteiger partial charge in [-0.05, 0) is 5.56 Å². The number of nitrogens with zero attached hydrogens (tertiary/aromatic N) is 1. The van der Waals surface area contributed by atoms with Gasteiger partial charge in [0, 0.05) is 12.3 Å². The number of esters is 1. The molecule has 2 rings (SSSR count). The fraction of sp³-hybridized carbons (Fsp3) is 0.143. The monoisotopic (exact) mass is 258 g/mol. The van der Waals surface area contributed by atoms with Crippen LogP contribution in [0.5, 0.6) is 5.75 Å². The molecule has 0 atom stereocenters. The van der Waals surface area contributed by atoms with Crippen molar-refractivity contribution < 1.29 is 14.3 Å². The van der Waals surface area contributed by atoms with Gasteiger partial charge in [-0.15, -0.1) is 0 Å². The van der Waals surface area contributed by atoms with Gasteiger partial charge < -0.3 is 15.2 Å². The first-order valence-electron chi connectivity index (χ1n) is 5.71. The largest absolute Gasteiger partial charge is 0.485 e. The molecular weight excluding hydrogens is 244 g/mol. The van der Waals surface area contributed by atoms with Crippen molar-refractivity contribution in [2.45, 2.75) is 6.61 Å². The Kier molecular flexibility index (Phi) is 3.97. The number of benzene rings is 1. The van der Waals surface area contributed by atoms with Gasteiger partial charge in [-0.25, -0.2) is 9.78 Å². The molecule has 2 aromatic rings. The maximum Gasteiger partial charge on any atom is 0.339 e. The number of methoxy groups -OCH3 is 1. The average molecular weight is 258 g/mol. The Balaban J connectivity index is 2.13. The zero-order valence-corrected chi connectivity index (χ0v) is 10.5. The first kappa shape index (κ1) is 12.9. The van der Waals surface area contributed by atoms with E-state index < -0.39 is 5.97 Å². The average Bonchev–Trinajstić information content (AvgIpc) is 2.46. The molecule has 5 heteroatoms. The Morgan fingerprint density at radius 2 is 2.05 bits per heavy atom. The third-order valence-electron chi connectivity index (χ3n) is 2.54. The minimum Gasteiger partial charge on any atom is -0.485 e. The highest BCUT2D eigenvalue weighted by molar-refractivity contribution is 5.89. The lowest BCUT2D eigenvalue weighted by molar-refractivity contribution is 0.0599. The quantitative estimate of drug-likeness (QED) is 0.849. The molecule has 0 saturated carbocycles. The van der Waals surface area contributed by atoms with Crippen LogP contribution in [0.15, 0.2) is 42.6 Å². The molecule has 0 unspecified atom stereocenters. The van der Waals surface area contributed by atoms with Gasteiger partial charge in [0.2, 0.25) is 0 Å². The van der Waals surface area contributed by atoms with E-state index in [1.807, 2.05) is 30.3 Å². The number of aromatic nitrogens is 1. The Labute approximate surface area is 111 Å². The zero-order chi connectivity index (χ0) is 13.7. The number of hydrogen-bond acceptors (Lipinski definition) is 5. The standard InChI is InChI=1S/C14H14N2O3/c1-18-14(17)11-7-12(13(15)16-8-11)19-9-10-5-3-2-4-6-10/h2-8H,9H2,1H3,(H2,15,16). The third-order valence-corrected chi connectivity index (χ3v) is 2.54. The molecule has 1 aromatic carbocycles. The van der Waals surface area contributed by atoms with Crippen molar-refractivity contribution in [3.8, 4) is 5.75 Å². The van der Waals surface area contributed by atoms with Gasteiger partial charge in [-0.2, -0.15) is 0 Å². The normalized spacial score (nSPS) is 9.95. The molecule has 0 bridgehead atoms. The smallest absolute Gasteiger partial charge is 0.339 e. The molecular formula is C14H14N2O3. The highest BCUT2D eigenvalue weighted by atomic mass is 16.5. The lowest BCUT2D eigenvalue weighted by Gasteiger charge is -2.09. The van der Waals surface area contributed by atoms with Gasteiger partial charge in [-0.3, -0.25) is 0 Å². The van der Waals surface area contributed by atoms with Gasteiger partial charge in [0.1, 0.15) is 6.61 Å². The van der Waals surface area contributed by atoms with Crippen molar-refractivity contribution in [1.29, 1.82) is 0 Å². The zero-order valence-electron chi connectivity index (χ0n) is 10.5. The van der Waals surface area contributed by atoms with Crippen LogP contribution >= 0.6 is 0 Å². The number of rotatable bonds is 4. The Hall–Kier alpha value is -2.56. The molecule has 0 radical (unpaired) electrons. The molecule has 1 heterocycles. The topological polar surface area (TPSA) is 74.4 Å². The number of nitrogen functional groups attached to an aromatic ring is 1. The Morgan fingerprint density at radius 3 is 2.74 bits per heavy atom. The number of nitrogens with two attached hydrogens (primary N) is 1. The van der Waals surface area contributed by atoms with Crippen molar-refractivity contribution in [3.63, 3.8) is 0 Å². The molecule has 19 heavy (non-hydrogen) atoms. The number of carbonyl (C=O) groups excluding carboxylic acids is 1. The molecule has 0 fully saturated rings. The third kappa shape index (κ3) is 3.22. The van der Waals surface area contributed by atoms with E-state index in [2.05, 4.69) is 9.72 Å². The lowest BCUT2D eigenvalue weighted by Crippen LogP contribution is -2.06. The van der Waals surface area contributed by atoms with Gasteiger partial charge in [0.05, 0.1) is 12.7 Å². The molecule has 0 aliphatic heterocycles. The predicted molar refractivity (Wildman–Crippen MR) is 70.8 cm³/mol. The summed E-state index contributed by atoms with van der Waals surface area (Å²) in [6.07, 6.45) is 1.36. The van der Waals surface area contributed by atoms with E-state index in [4.69, 9.17) is 10.5 Å². The summed E-state index contributed by atoms with van der Waals surface area (Å²) in [5.41, 5.74) is 7.02. The SMILES string of the molecule is COC(=O)c1cnc(N)c(OCc2ccccc2)c1. The molecule has 1 aromatic heterocycles. The van der Waals surface area contributed by atoms with E-state index in [9.17, 15) is 4.79 Å². The number of ether oxygens (including phenoxy) is 2. The molecule has 0 aliphatic rings. The highest BCUT2D eigenvalue weighted by Crippen LogP contribution is 2.21. The number of pyridine rings is 1. The van der Waals surface area contributed by atoms with Gasteiger partial charge in [0.15, 0.2) is 11.6 Å². The summed E-state index contributed by atoms with van der Waals surface area (Å²) in [4.78, 5) is 15.3. The van der Waals surface area contributed by atoms with Crippen LogP contribution in [0, 0.1) is 0 Å². The van der Waals surface area contributed by atoms with Gasteiger partial charge >= 0.3 is 5.97 Å². The van der Waals surface area contributed by atoms with Crippen LogP contribution in [0.25, 0.3) is 0 Å². The van der Waals surface area contributed by atoms with E-state index in [1.165, 1.54) is 19.4 Å². The molecule has 0 spiro atoms.